The third-order valence-corrected chi connectivity index (χ3v) is 1.65. The molecule has 0 aromatic heterocycles. The second-order valence-corrected chi connectivity index (χ2v) is 3.44. The molecule has 72 valence electrons. The lowest BCUT2D eigenvalue weighted by Gasteiger charge is -2.12. The van der Waals surface area contributed by atoms with Crippen LogP contribution in [0, 0.1) is 0 Å². The molecule has 0 aliphatic carbocycles. The monoisotopic (exact) mass is 201 g/mol. The minimum absolute atomic E-state index is 0.0243. The number of anilines is 1. The van der Waals surface area contributed by atoms with Crippen molar-refractivity contribution >= 4 is 17.3 Å². The molecule has 0 atom stereocenters. The lowest BCUT2D eigenvalue weighted by atomic mass is 10.2. The summed E-state index contributed by atoms with van der Waals surface area (Å²) >= 11 is 5.73. The molecule has 0 unspecified atom stereocenters. The van der Waals surface area contributed by atoms with Gasteiger partial charge >= 0.3 is 0 Å². The van der Waals surface area contributed by atoms with E-state index in [9.17, 15) is 5.11 Å². The molecule has 0 heterocycles. The molecule has 0 aliphatic heterocycles. The molecule has 0 spiro atoms. The summed E-state index contributed by atoms with van der Waals surface area (Å²) in [5.74, 6) is 0.262. The highest BCUT2D eigenvalue weighted by atomic mass is 35.5. The number of hydrogen-bond donors (Lipinski definition) is 2. The van der Waals surface area contributed by atoms with Gasteiger partial charge in [-0.1, -0.05) is 11.6 Å². The van der Waals surface area contributed by atoms with E-state index in [1.54, 1.807) is 0 Å². The highest BCUT2D eigenvalue weighted by Gasteiger charge is 2.09. The summed E-state index contributed by atoms with van der Waals surface area (Å²) in [6, 6.07) is 3.01. The Balaban J connectivity index is 3.05. The van der Waals surface area contributed by atoms with Gasteiger partial charge < -0.3 is 15.6 Å². The first-order chi connectivity index (χ1) is 6.00. The molecular weight excluding hydrogens is 190 g/mol. The number of halogens is 1. The van der Waals surface area contributed by atoms with Crippen molar-refractivity contribution in [1.29, 1.82) is 0 Å². The maximum absolute atomic E-state index is 9.46. The van der Waals surface area contributed by atoms with E-state index in [1.165, 1.54) is 12.1 Å². The van der Waals surface area contributed by atoms with Gasteiger partial charge in [-0.2, -0.15) is 0 Å². The van der Waals surface area contributed by atoms with Crippen LogP contribution in [-0.4, -0.2) is 11.2 Å². The zero-order valence-corrected chi connectivity index (χ0v) is 8.30. The fourth-order valence-corrected chi connectivity index (χ4v) is 1.15. The highest BCUT2D eigenvalue weighted by Crippen LogP contribution is 2.35. The van der Waals surface area contributed by atoms with Gasteiger partial charge in [0.2, 0.25) is 0 Å². The molecule has 1 aromatic rings. The lowest BCUT2D eigenvalue weighted by Crippen LogP contribution is -2.06. The van der Waals surface area contributed by atoms with Crippen molar-refractivity contribution in [2.45, 2.75) is 20.0 Å². The third kappa shape index (κ3) is 2.42. The van der Waals surface area contributed by atoms with Crippen LogP contribution in [0.25, 0.3) is 0 Å². The van der Waals surface area contributed by atoms with Crippen LogP contribution in [0.4, 0.5) is 5.69 Å². The van der Waals surface area contributed by atoms with E-state index in [2.05, 4.69) is 0 Å². The van der Waals surface area contributed by atoms with E-state index in [1.807, 2.05) is 13.8 Å². The summed E-state index contributed by atoms with van der Waals surface area (Å²) in [5.41, 5.74) is 5.71. The number of aromatic hydroxyl groups is 1. The Hall–Kier alpha value is -1.09. The number of phenolic OH excluding ortho intramolecular Hbond substituents is 1. The number of hydrogen-bond acceptors (Lipinski definition) is 3. The van der Waals surface area contributed by atoms with Gasteiger partial charge in [0.15, 0.2) is 11.5 Å². The van der Waals surface area contributed by atoms with Gasteiger partial charge in [-0.3, -0.25) is 0 Å². The molecule has 3 N–H and O–H groups in total. The van der Waals surface area contributed by atoms with Crippen molar-refractivity contribution in [3.05, 3.63) is 17.2 Å². The Morgan fingerprint density at radius 2 is 2.08 bits per heavy atom. The summed E-state index contributed by atoms with van der Waals surface area (Å²) < 4.78 is 5.29. The van der Waals surface area contributed by atoms with Crippen molar-refractivity contribution in [3.63, 3.8) is 0 Å². The van der Waals surface area contributed by atoms with Gasteiger partial charge in [0.25, 0.3) is 0 Å². The predicted octanol–water partition coefficient (Wildman–Crippen LogP) is 2.42. The zero-order valence-electron chi connectivity index (χ0n) is 7.54. The minimum atomic E-state index is -0.0573. The van der Waals surface area contributed by atoms with E-state index in [0.717, 1.165) is 0 Å². The number of rotatable bonds is 2. The Morgan fingerprint density at radius 1 is 1.46 bits per heavy atom. The molecule has 3 nitrogen and oxygen atoms in total. The SMILES string of the molecule is CC(C)Oc1cc(Cl)cc(N)c1O. The third-order valence-electron chi connectivity index (χ3n) is 1.43. The summed E-state index contributed by atoms with van der Waals surface area (Å²) in [6.45, 7) is 3.72. The average Bonchev–Trinajstić information content (AvgIpc) is 1.98. The molecule has 13 heavy (non-hydrogen) atoms. The van der Waals surface area contributed by atoms with E-state index >= 15 is 0 Å². The van der Waals surface area contributed by atoms with E-state index < -0.39 is 0 Å². The number of benzene rings is 1. The maximum Gasteiger partial charge on any atom is 0.181 e. The number of nitrogens with two attached hydrogens (primary N) is 1. The van der Waals surface area contributed by atoms with Crippen LogP contribution in [-0.2, 0) is 0 Å². The summed E-state index contributed by atoms with van der Waals surface area (Å²) in [7, 11) is 0. The van der Waals surface area contributed by atoms with Crippen LogP contribution in [0.2, 0.25) is 5.02 Å². The molecule has 4 heteroatoms. The topological polar surface area (TPSA) is 55.5 Å². The molecular formula is C9H12ClNO2. The Kier molecular flexibility index (Phi) is 2.88. The van der Waals surface area contributed by atoms with Crippen molar-refractivity contribution in [2.75, 3.05) is 5.73 Å². The summed E-state index contributed by atoms with van der Waals surface area (Å²) in [6.07, 6.45) is -0.0243. The van der Waals surface area contributed by atoms with Crippen LogP contribution in [0.1, 0.15) is 13.8 Å². The summed E-state index contributed by atoms with van der Waals surface area (Å²) in [5, 5.41) is 9.91. The van der Waals surface area contributed by atoms with Gasteiger partial charge in [-0.05, 0) is 19.9 Å². The smallest absolute Gasteiger partial charge is 0.181 e. The van der Waals surface area contributed by atoms with Crippen LogP contribution >= 0.6 is 11.6 Å². The van der Waals surface area contributed by atoms with Crippen LogP contribution in [0.5, 0.6) is 11.5 Å². The highest BCUT2D eigenvalue weighted by molar-refractivity contribution is 6.31. The van der Waals surface area contributed by atoms with Crippen molar-refractivity contribution in [3.8, 4) is 11.5 Å². The largest absolute Gasteiger partial charge is 0.503 e. The molecule has 0 aliphatic rings. The van der Waals surface area contributed by atoms with Gasteiger partial charge in [0.05, 0.1) is 11.8 Å². The Bertz CT molecular complexity index is 313. The number of phenols is 1. The first-order valence-electron chi connectivity index (χ1n) is 3.95. The van der Waals surface area contributed by atoms with Crippen molar-refractivity contribution < 1.29 is 9.84 Å². The second-order valence-electron chi connectivity index (χ2n) is 3.01. The van der Waals surface area contributed by atoms with Crippen LogP contribution in [0.3, 0.4) is 0 Å². The van der Waals surface area contributed by atoms with Crippen molar-refractivity contribution in [2.24, 2.45) is 0 Å². The molecule has 0 fully saturated rings. The fourth-order valence-electron chi connectivity index (χ4n) is 0.938. The zero-order chi connectivity index (χ0) is 10.0. The van der Waals surface area contributed by atoms with Gasteiger partial charge in [-0.15, -0.1) is 0 Å². The van der Waals surface area contributed by atoms with Gasteiger partial charge in [-0.25, -0.2) is 0 Å². The van der Waals surface area contributed by atoms with E-state index in [4.69, 9.17) is 22.1 Å². The standard InChI is InChI=1S/C9H12ClNO2/c1-5(2)13-8-4-6(10)3-7(11)9(8)12/h3-5,12H,11H2,1-2H3. The fraction of sp³-hybridized carbons (Fsp3) is 0.333. The molecule has 0 bridgehead atoms. The first-order valence-corrected chi connectivity index (χ1v) is 4.33. The predicted molar refractivity (Wildman–Crippen MR) is 53.3 cm³/mol. The van der Waals surface area contributed by atoms with Crippen LogP contribution in [0.15, 0.2) is 12.1 Å². The summed E-state index contributed by atoms with van der Waals surface area (Å²) in [4.78, 5) is 0. The average molecular weight is 202 g/mol. The lowest BCUT2D eigenvalue weighted by molar-refractivity contribution is 0.232. The quantitative estimate of drug-likeness (QED) is 0.571. The minimum Gasteiger partial charge on any atom is -0.503 e. The molecule has 0 saturated heterocycles. The van der Waals surface area contributed by atoms with Gasteiger partial charge in [0, 0.05) is 11.1 Å². The van der Waals surface area contributed by atoms with E-state index in [0.29, 0.717) is 10.8 Å². The number of nitrogen functional groups attached to an aromatic ring is 1. The molecule has 0 saturated carbocycles. The van der Waals surface area contributed by atoms with Gasteiger partial charge in [0.1, 0.15) is 0 Å². The van der Waals surface area contributed by atoms with Crippen molar-refractivity contribution in [1.82, 2.24) is 0 Å². The Labute approximate surface area is 82.1 Å². The Morgan fingerprint density at radius 3 is 2.62 bits per heavy atom. The normalized spacial score (nSPS) is 10.5. The van der Waals surface area contributed by atoms with Crippen LogP contribution < -0.4 is 10.5 Å². The molecule has 1 rings (SSSR count). The maximum atomic E-state index is 9.46. The number of ether oxygens (including phenoxy) is 1. The second kappa shape index (κ2) is 3.75. The molecule has 1 aromatic carbocycles. The van der Waals surface area contributed by atoms with E-state index in [-0.39, 0.29) is 17.5 Å². The molecule has 0 amide bonds. The molecule has 0 radical (unpaired) electrons. The first kappa shape index (κ1) is 9.99.